The van der Waals surface area contributed by atoms with E-state index in [1.807, 2.05) is 37.3 Å². The third kappa shape index (κ3) is 2.78. The summed E-state index contributed by atoms with van der Waals surface area (Å²) >= 11 is 0. The maximum Gasteiger partial charge on any atom is 0.232 e. The van der Waals surface area contributed by atoms with Gasteiger partial charge in [0.2, 0.25) is 5.88 Å². The summed E-state index contributed by atoms with van der Waals surface area (Å²) < 4.78 is 18.6. The van der Waals surface area contributed by atoms with Crippen molar-refractivity contribution in [2.45, 2.75) is 13.0 Å². The Morgan fingerprint density at radius 1 is 1.24 bits per heavy atom. The predicted molar refractivity (Wildman–Crippen MR) is 93.9 cm³/mol. The quantitative estimate of drug-likeness (QED) is 0.602. The zero-order valence-corrected chi connectivity index (χ0v) is 14.0. The molecular weight excluding hydrogens is 320 g/mol. The van der Waals surface area contributed by atoms with Crippen LogP contribution >= 0.6 is 0 Å². The van der Waals surface area contributed by atoms with Gasteiger partial charge in [0.15, 0.2) is 11.4 Å². The highest BCUT2D eigenvalue weighted by Crippen LogP contribution is 2.30. The molecule has 0 aliphatic carbocycles. The second kappa shape index (κ2) is 6.10. The van der Waals surface area contributed by atoms with Gasteiger partial charge in [0.05, 0.1) is 13.3 Å². The van der Waals surface area contributed by atoms with Crippen LogP contribution in [0.3, 0.4) is 0 Å². The molecule has 0 fully saturated rings. The Bertz CT molecular complexity index is 1040. The second-order valence-electron chi connectivity index (χ2n) is 5.76. The molecule has 128 valence electrons. The zero-order chi connectivity index (χ0) is 17.4. The lowest BCUT2D eigenvalue weighted by Gasteiger charge is -2.11. The highest BCUT2D eigenvalue weighted by molar-refractivity contribution is 5.83. The van der Waals surface area contributed by atoms with Crippen LogP contribution in [0.2, 0.25) is 0 Å². The minimum atomic E-state index is -0.115. The van der Waals surface area contributed by atoms with Crippen LogP contribution in [0.1, 0.15) is 6.92 Å². The first-order chi connectivity index (χ1) is 12.2. The summed E-state index contributed by atoms with van der Waals surface area (Å²) in [5.41, 5.74) is 7.80. The Balaban J connectivity index is 1.79. The summed E-state index contributed by atoms with van der Waals surface area (Å²) in [7, 11) is 1.63. The Hall–Kier alpha value is -3.06. The van der Waals surface area contributed by atoms with Gasteiger partial charge in [0.1, 0.15) is 23.1 Å². The molecule has 1 atom stereocenters. The number of benzene rings is 1. The van der Waals surface area contributed by atoms with Crippen LogP contribution in [0.25, 0.3) is 28.1 Å². The van der Waals surface area contributed by atoms with E-state index in [-0.39, 0.29) is 6.10 Å². The van der Waals surface area contributed by atoms with E-state index >= 15 is 0 Å². The molecule has 0 radical (unpaired) electrons. The maximum atomic E-state index is 5.96. The summed E-state index contributed by atoms with van der Waals surface area (Å²) in [6.07, 6.45) is 1.61. The van der Waals surface area contributed by atoms with E-state index < -0.39 is 0 Å². The van der Waals surface area contributed by atoms with Gasteiger partial charge in [-0.1, -0.05) is 0 Å². The number of methoxy groups -OCH3 is 1. The molecule has 0 spiro atoms. The van der Waals surface area contributed by atoms with Crippen molar-refractivity contribution in [1.29, 1.82) is 0 Å². The number of furan rings is 1. The Kier molecular flexibility index (Phi) is 3.77. The minimum absolute atomic E-state index is 0.115. The standard InChI is InChI=1S/C18H18N4O3/c1-11(9-19)24-18-6-5-17-20-10-14(22(17)21-18)16-7-12-3-4-13(23-2)8-15(12)25-16/h3-8,10-11H,9,19H2,1-2H3/t11-/m1/s1. The first-order valence-electron chi connectivity index (χ1n) is 7.97. The molecule has 4 aromatic rings. The molecular formula is C18H18N4O3. The number of hydrogen-bond acceptors (Lipinski definition) is 6. The lowest BCUT2D eigenvalue weighted by molar-refractivity contribution is 0.217. The average molecular weight is 338 g/mol. The summed E-state index contributed by atoms with van der Waals surface area (Å²) in [6.45, 7) is 2.31. The van der Waals surface area contributed by atoms with Crippen molar-refractivity contribution in [3.63, 3.8) is 0 Å². The van der Waals surface area contributed by atoms with Crippen molar-refractivity contribution in [2.75, 3.05) is 13.7 Å². The van der Waals surface area contributed by atoms with E-state index in [1.165, 1.54) is 0 Å². The molecule has 0 saturated heterocycles. The molecule has 2 N–H and O–H groups in total. The molecule has 0 amide bonds. The third-order valence-electron chi connectivity index (χ3n) is 3.97. The molecule has 7 heteroatoms. The fourth-order valence-corrected chi connectivity index (χ4v) is 2.61. The van der Waals surface area contributed by atoms with E-state index in [0.717, 1.165) is 22.4 Å². The van der Waals surface area contributed by atoms with Crippen LogP contribution < -0.4 is 15.2 Å². The molecule has 25 heavy (non-hydrogen) atoms. The monoisotopic (exact) mass is 338 g/mol. The fraction of sp³-hybridized carbons (Fsp3) is 0.222. The summed E-state index contributed by atoms with van der Waals surface area (Å²) in [6, 6.07) is 11.3. The largest absolute Gasteiger partial charge is 0.497 e. The van der Waals surface area contributed by atoms with Crippen LogP contribution in [0.5, 0.6) is 11.6 Å². The highest BCUT2D eigenvalue weighted by Gasteiger charge is 2.14. The van der Waals surface area contributed by atoms with Crippen molar-refractivity contribution >= 4 is 16.6 Å². The van der Waals surface area contributed by atoms with E-state index in [2.05, 4.69) is 10.1 Å². The Morgan fingerprint density at radius 2 is 2.12 bits per heavy atom. The van der Waals surface area contributed by atoms with E-state index in [4.69, 9.17) is 19.6 Å². The topological polar surface area (TPSA) is 87.8 Å². The highest BCUT2D eigenvalue weighted by atomic mass is 16.5. The number of hydrogen-bond donors (Lipinski definition) is 1. The van der Waals surface area contributed by atoms with Gasteiger partial charge in [-0.05, 0) is 31.2 Å². The first kappa shape index (κ1) is 15.5. The molecule has 4 rings (SSSR count). The predicted octanol–water partition coefficient (Wildman–Crippen LogP) is 2.88. The number of aromatic nitrogens is 3. The van der Waals surface area contributed by atoms with Crippen molar-refractivity contribution in [3.05, 3.63) is 42.6 Å². The summed E-state index contributed by atoms with van der Waals surface area (Å²) in [5.74, 6) is 1.91. The van der Waals surface area contributed by atoms with E-state index in [9.17, 15) is 0 Å². The molecule has 0 aliphatic rings. The van der Waals surface area contributed by atoms with Gasteiger partial charge in [0, 0.05) is 24.1 Å². The first-order valence-corrected chi connectivity index (χ1v) is 7.97. The Morgan fingerprint density at radius 3 is 2.92 bits per heavy atom. The van der Waals surface area contributed by atoms with Crippen LogP contribution in [0, 0.1) is 0 Å². The van der Waals surface area contributed by atoms with Gasteiger partial charge in [-0.15, -0.1) is 5.10 Å². The van der Waals surface area contributed by atoms with Crippen LogP contribution in [-0.4, -0.2) is 34.4 Å². The van der Waals surface area contributed by atoms with Crippen molar-refractivity contribution in [2.24, 2.45) is 5.73 Å². The smallest absolute Gasteiger partial charge is 0.232 e. The molecule has 1 aromatic carbocycles. The fourth-order valence-electron chi connectivity index (χ4n) is 2.61. The molecule has 0 unspecified atom stereocenters. The summed E-state index contributed by atoms with van der Waals surface area (Å²) in [4.78, 5) is 4.37. The van der Waals surface area contributed by atoms with E-state index in [0.29, 0.717) is 23.8 Å². The molecule has 0 saturated carbocycles. The van der Waals surface area contributed by atoms with Crippen molar-refractivity contribution in [3.8, 4) is 23.1 Å². The number of ether oxygens (including phenoxy) is 2. The molecule has 0 bridgehead atoms. The average Bonchev–Trinajstić information content (AvgIpc) is 3.23. The lowest BCUT2D eigenvalue weighted by Crippen LogP contribution is -2.23. The number of imidazole rings is 1. The number of nitrogens with two attached hydrogens (primary N) is 1. The number of rotatable bonds is 5. The number of nitrogens with zero attached hydrogens (tertiary/aromatic N) is 3. The Labute approximate surface area is 144 Å². The van der Waals surface area contributed by atoms with Gasteiger partial charge in [0.25, 0.3) is 0 Å². The maximum absolute atomic E-state index is 5.96. The van der Waals surface area contributed by atoms with Crippen molar-refractivity contribution < 1.29 is 13.9 Å². The molecule has 3 heterocycles. The van der Waals surface area contributed by atoms with Gasteiger partial charge in [-0.3, -0.25) is 0 Å². The molecule has 0 aliphatic heterocycles. The SMILES string of the molecule is COc1ccc2cc(-c3cnc4ccc(O[C@H](C)CN)nn34)oc2c1. The summed E-state index contributed by atoms with van der Waals surface area (Å²) in [5, 5.41) is 5.48. The van der Waals surface area contributed by atoms with Crippen LogP contribution in [0.4, 0.5) is 0 Å². The van der Waals surface area contributed by atoms with Crippen LogP contribution in [-0.2, 0) is 0 Å². The van der Waals surface area contributed by atoms with E-state index in [1.54, 1.807) is 23.9 Å². The third-order valence-corrected chi connectivity index (χ3v) is 3.97. The van der Waals surface area contributed by atoms with Gasteiger partial charge in [-0.2, -0.15) is 0 Å². The van der Waals surface area contributed by atoms with Gasteiger partial charge >= 0.3 is 0 Å². The second-order valence-corrected chi connectivity index (χ2v) is 5.76. The van der Waals surface area contributed by atoms with Gasteiger partial charge in [-0.25, -0.2) is 9.50 Å². The minimum Gasteiger partial charge on any atom is -0.497 e. The molecule has 7 nitrogen and oxygen atoms in total. The van der Waals surface area contributed by atoms with Crippen LogP contribution in [0.15, 0.2) is 47.0 Å². The lowest BCUT2D eigenvalue weighted by atomic mass is 10.2. The zero-order valence-electron chi connectivity index (χ0n) is 14.0. The van der Waals surface area contributed by atoms with Gasteiger partial charge < -0.3 is 19.6 Å². The molecule has 3 aromatic heterocycles. The number of fused-ring (bicyclic) bond motifs is 2. The van der Waals surface area contributed by atoms with Crippen molar-refractivity contribution in [1.82, 2.24) is 14.6 Å². The normalized spacial score (nSPS) is 12.6.